The van der Waals surface area contributed by atoms with E-state index in [-0.39, 0.29) is 6.04 Å². The number of ether oxygens (including phenoxy) is 1. The molecule has 0 radical (unpaired) electrons. The van der Waals surface area contributed by atoms with E-state index in [1.54, 1.807) is 0 Å². The fourth-order valence-electron chi connectivity index (χ4n) is 1.80. The fraction of sp³-hybridized carbons (Fsp3) is 0.467. The zero-order chi connectivity index (χ0) is 13.2. The molecule has 0 saturated carbocycles. The van der Waals surface area contributed by atoms with E-state index in [4.69, 9.17) is 17.0 Å². The Bertz CT molecular complexity index is 384. The maximum atomic E-state index is 5.62. The molecule has 98 valence electrons. The molecule has 3 nitrogen and oxygen atoms in total. The van der Waals surface area contributed by atoms with Gasteiger partial charge in [-0.3, -0.25) is 11.3 Å². The molecule has 0 aromatic heterocycles. The van der Waals surface area contributed by atoms with Crippen molar-refractivity contribution in [1.82, 2.24) is 5.43 Å². The number of hydrogen-bond donors (Lipinski definition) is 2. The molecule has 1 aromatic rings. The van der Waals surface area contributed by atoms with Gasteiger partial charge >= 0.3 is 0 Å². The van der Waals surface area contributed by atoms with Crippen molar-refractivity contribution in [1.29, 1.82) is 0 Å². The van der Waals surface area contributed by atoms with E-state index in [1.807, 2.05) is 18.2 Å². The third-order valence-corrected chi connectivity index (χ3v) is 2.75. The smallest absolute Gasteiger partial charge is 0.119 e. The van der Waals surface area contributed by atoms with E-state index in [0.717, 1.165) is 43.6 Å². The lowest BCUT2D eigenvalue weighted by molar-refractivity contribution is 0.316. The number of nitrogens with two attached hydrogens (primary N) is 1. The minimum absolute atomic E-state index is 0.128. The summed E-state index contributed by atoms with van der Waals surface area (Å²) in [5.74, 6) is 9.13. The van der Waals surface area contributed by atoms with Crippen LogP contribution in [0.1, 0.15) is 44.2 Å². The van der Waals surface area contributed by atoms with E-state index >= 15 is 0 Å². The van der Waals surface area contributed by atoms with Crippen molar-refractivity contribution < 1.29 is 4.74 Å². The summed E-state index contributed by atoms with van der Waals surface area (Å²) in [5, 5.41) is 0. The van der Waals surface area contributed by atoms with Gasteiger partial charge in [0.05, 0.1) is 6.61 Å². The first-order valence-corrected chi connectivity index (χ1v) is 6.44. The number of unbranched alkanes of at least 4 members (excludes halogenated alkanes) is 1. The predicted molar refractivity (Wildman–Crippen MR) is 75.0 cm³/mol. The molecule has 3 heteroatoms. The summed E-state index contributed by atoms with van der Waals surface area (Å²) >= 11 is 0. The molecular formula is C15H22N2O. The topological polar surface area (TPSA) is 47.3 Å². The molecular weight excluding hydrogens is 224 g/mol. The van der Waals surface area contributed by atoms with Crippen molar-refractivity contribution in [3.05, 3.63) is 29.8 Å². The zero-order valence-electron chi connectivity index (χ0n) is 11.0. The van der Waals surface area contributed by atoms with Crippen LogP contribution in [-0.2, 0) is 0 Å². The average molecular weight is 246 g/mol. The normalized spacial score (nSPS) is 11.8. The SMILES string of the molecule is C#CCCCC(NN)c1cccc(OCCC)c1. The second-order valence-corrected chi connectivity index (χ2v) is 4.24. The standard InChI is InChI=1S/C15H22N2O/c1-3-5-6-10-15(17-16)13-8-7-9-14(12-13)18-11-4-2/h1,7-9,12,15,17H,4-6,10-11,16H2,2H3. The summed E-state index contributed by atoms with van der Waals surface area (Å²) in [4.78, 5) is 0. The third kappa shape index (κ3) is 4.79. The molecule has 0 aliphatic rings. The van der Waals surface area contributed by atoms with Crippen LogP contribution in [0, 0.1) is 12.3 Å². The van der Waals surface area contributed by atoms with Gasteiger partial charge in [-0.1, -0.05) is 19.1 Å². The van der Waals surface area contributed by atoms with Crippen molar-refractivity contribution in [2.24, 2.45) is 5.84 Å². The van der Waals surface area contributed by atoms with Gasteiger partial charge in [0.15, 0.2) is 0 Å². The number of terminal acetylenes is 1. The number of benzene rings is 1. The highest BCUT2D eigenvalue weighted by molar-refractivity contribution is 5.30. The molecule has 3 N–H and O–H groups in total. The van der Waals surface area contributed by atoms with E-state index in [1.165, 1.54) is 0 Å². The van der Waals surface area contributed by atoms with E-state index in [9.17, 15) is 0 Å². The van der Waals surface area contributed by atoms with Crippen molar-refractivity contribution in [2.45, 2.75) is 38.6 Å². The van der Waals surface area contributed by atoms with Gasteiger partial charge in [0.2, 0.25) is 0 Å². The molecule has 1 unspecified atom stereocenters. The van der Waals surface area contributed by atoms with Crippen molar-refractivity contribution in [3.63, 3.8) is 0 Å². The number of hydrazine groups is 1. The molecule has 0 spiro atoms. The van der Waals surface area contributed by atoms with Crippen molar-refractivity contribution in [2.75, 3.05) is 6.61 Å². The van der Waals surface area contributed by atoms with Gasteiger partial charge in [-0.25, -0.2) is 0 Å². The molecule has 1 aromatic carbocycles. The number of rotatable bonds is 8. The molecule has 0 aliphatic heterocycles. The summed E-state index contributed by atoms with van der Waals surface area (Å²) in [6.45, 7) is 2.83. The Morgan fingerprint density at radius 1 is 1.50 bits per heavy atom. The van der Waals surface area contributed by atoms with Crippen LogP contribution in [0.4, 0.5) is 0 Å². The minimum Gasteiger partial charge on any atom is -0.494 e. The average Bonchev–Trinajstić information content (AvgIpc) is 2.42. The first kappa shape index (κ1) is 14.6. The van der Waals surface area contributed by atoms with Gasteiger partial charge in [-0.2, -0.15) is 0 Å². The third-order valence-electron chi connectivity index (χ3n) is 2.75. The molecule has 0 aliphatic carbocycles. The van der Waals surface area contributed by atoms with Crippen molar-refractivity contribution >= 4 is 0 Å². The van der Waals surface area contributed by atoms with E-state index < -0.39 is 0 Å². The lowest BCUT2D eigenvalue weighted by Crippen LogP contribution is -2.27. The maximum Gasteiger partial charge on any atom is 0.119 e. The summed E-state index contributed by atoms with van der Waals surface area (Å²) < 4.78 is 5.62. The van der Waals surface area contributed by atoms with Gasteiger partial charge in [0.25, 0.3) is 0 Å². The lowest BCUT2D eigenvalue weighted by atomic mass is 10.0. The van der Waals surface area contributed by atoms with Crippen molar-refractivity contribution in [3.8, 4) is 18.1 Å². The molecule has 1 rings (SSSR count). The molecule has 18 heavy (non-hydrogen) atoms. The van der Waals surface area contributed by atoms with Gasteiger partial charge in [0, 0.05) is 12.5 Å². The quantitative estimate of drug-likeness (QED) is 0.321. The highest BCUT2D eigenvalue weighted by Crippen LogP contribution is 2.22. The second kappa shape index (κ2) is 8.57. The zero-order valence-corrected chi connectivity index (χ0v) is 11.0. The highest BCUT2D eigenvalue weighted by Gasteiger charge is 2.09. The van der Waals surface area contributed by atoms with Gasteiger partial charge in [-0.15, -0.1) is 12.3 Å². The Balaban J connectivity index is 2.64. The summed E-state index contributed by atoms with van der Waals surface area (Å²) in [6.07, 6.45) is 8.93. The monoisotopic (exact) mass is 246 g/mol. The lowest BCUT2D eigenvalue weighted by Gasteiger charge is -2.16. The first-order chi connectivity index (χ1) is 8.81. The van der Waals surface area contributed by atoms with Gasteiger partial charge in [0.1, 0.15) is 5.75 Å². The van der Waals surface area contributed by atoms with Crippen LogP contribution >= 0.6 is 0 Å². The van der Waals surface area contributed by atoms with Crippen LogP contribution in [0.25, 0.3) is 0 Å². The second-order valence-electron chi connectivity index (χ2n) is 4.24. The molecule has 0 heterocycles. The summed E-state index contributed by atoms with van der Waals surface area (Å²) in [6, 6.07) is 8.18. The Hall–Kier alpha value is -1.50. The van der Waals surface area contributed by atoms with Gasteiger partial charge < -0.3 is 4.74 Å². The Morgan fingerprint density at radius 3 is 3.00 bits per heavy atom. The van der Waals surface area contributed by atoms with Crippen LogP contribution in [0.3, 0.4) is 0 Å². The minimum atomic E-state index is 0.128. The van der Waals surface area contributed by atoms with Crippen LogP contribution in [0.2, 0.25) is 0 Å². The van der Waals surface area contributed by atoms with Crippen LogP contribution in [0.15, 0.2) is 24.3 Å². The summed E-state index contributed by atoms with van der Waals surface area (Å²) in [5.41, 5.74) is 3.98. The number of hydrogen-bond acceptors (Lipinski definition) is 3. The molecule has 0 amide bonds. The Labute approximate surface area is 110 Å². The Morgan fingerprint density at radius 2 is 2.33 bits per heavy atom. The first-order valence-electron chi connectivity index (χ1n) is 6.44. The maximum absolute atomic E-state index is 5.62. The van der Waals surface area contributed by atoms with Crippen LogP contribution in [-0.4, -0.2) is 6.61 Å². The van der Waals surface area contributed by atoms with E-state index in [0.29, 0.717) is 0 Å². The van der Waals surface area contributed by atoms with Crippen LogP contribution in [0.5, 0.6) is 5.75 Å². The molecule has 0 saturated heterocycles. The molecule has 0 bridgehead atoms. The molecule has 0 fully saturated rings. The molecule has 1 atom stereocenters. The highest BCUT2D eigenvalue weighted by atomic mass is 16.5. The fourth-order valence-corrected chi connectivity index (χ4v) is 1.80. The number of nitrogens with one attached hydrogen (secondary N) is 1. The van der Waals surface area contributed by atoms with Gasteiger partial charge in [-0.05, 0) is 37.0 Å². The summed E-state index contributed by atoms with van der Waals surface area (Å²) in [7, 11) is 0. The Kier molecular flexibility index (Phi) is 6.93. The van der Waals surface area contributed by atoms with Crippen LogP contribution < -0.4 is 16.0 Å². The largest absolute Gasteiger partial charge is 0.494 e. The predicted octanol–water partition coefficient (Wildman–Crippen LogP) is 2.78. The van der Waals surface area contributed by atoms with E-state index in [2.05, 4.69) is 24.3 Å².